The number of aromatic nitrogens is 2. The molecule has 0 bridgehead atoms. The summed E-state index contributed by atoms with van der Waals surface area (Å²) in [5, 5.41) is 6.21. The maximum atomic E-state index is 5.33. The molecule has 0 aliphatic carbocycles. The van der Waals surface area contributed by atoms with Crippen LogP contribution in [0.3, 0.4) is 0 Å². The SMILES string of the molecule is CNc1ncnc(Nc2ccccc2I)c1OC. The van der Waals surface area contributed by atoms with Crippen molar-refractivity contribution in [2.24, 2.45) is 0 Å². The van der Waals surface area contributed by atoms with Gasteiger partial charge in [-0.05, 0) is 34.7 Å². The molecule has 5 nitrogen and oxygen atoms in total. The fourth-order valence-corrected chi connectivity index (χ4v) is 2.05. The minimum absolute atomic E-state index is 0.597. The zero-order chi connectivity index (χ0) is 13.0. The maximum absolute atomic E-state index is 5.33. The van der Waals surface area contributed by atoms with E-state index in [0.29, 0.717) is 17.4 Å². The summed E-state index contributed by atoms with van der Waals surface area (Å²) in [5.74, 6) is 1.89. The van der Waals surface area contributed by atoms with Gasteiger partial charge in [0.25, 0.3) is 0 Å². The average Bonchev–Trinajstić information content (AvgIpc) is 2.41. The minimum atomic E-state index is 0.597. The summed E-state index contributed by atoms with van der Waals surface area (Å²) >= 11 is 2.27. The molecule has 0 aliphatic heterocycles. The standard InChI is InChI=1S/C12H13IN4O/c1-14-11-10(18-2)12(16-7-15-11)17-9-6-4-3-5-8(9)13/h3-7H,1-2H3,(H2,14,15,16,17). The molecule has 6 heteroatoms. The zero-order valence-electron chi connectivity index (χ0n) is 10.1. The first-order chi connectivity index (χ1) is 8.76. The molecule has 0 unspecified atom stereocenters. The van der Waals surface area contributed by atoms with Crippen molar-refractivity contribution in [3.8, 4) is 5.75 Å². The molecule has 94 valence electrons. The minimum Gasteiger partial charge on any atom is -0.490 e. The number of hydrogen-bond donors (Lipinski definition) is 2. The molecule has 0 atom stereocenters. The second-order valence-electron chi connectivity index (χ2n) is 3.46. The van der Waals surface area contributed by atoms with Crippen LogP contribution in [-0.4, -0.2) is 24.1 Å². The molecule has 2 aromatic rings. The molecule has 1 aromatic heterocycles. The highest BCUT2D eigenvalue weighted by molar-refractivity contribution is 14.1. The Labute approximate surface area is 119 Å². The van der Waals surface area contributed by atoms with Crippen molar-refractivity contribution in [1.82, 2.24) is 9.97 Å². The lowest BCUT2D eigenvalue weighted by molar-refractivity contribution is 0.415. The Hall–Kier alpha value is -1.57. The molecule has 2 N–H and O–H groups in total. The molecule has 1 heterocycles. The van der Waals surface area contributed by atoms with Crippen molar-refractivity contribution in [2.75, 3.05) is 24.8 Å². The van der Waals surface area contributed by atoms with Crippen LogP contribution in [0.5, 0.6) is 5.75 Å². The fraction of sp³-hybridized carbons (Fsp3) is 0.167. The lowest BCUT2D eigenvalue weighted by atomic mass is 10.3. The van der Waals surface area contributed by atoms with Crippen molar-refractivity contribution in [1.29, 1.82) is 0 Å². The molecular formula is C12H13IN4O. The smallest absolute Gasteiger partial charge is 0.204 e. The molecular weight excluding hydrogens is 343 g/mol. The average molecular weight is 356 g/mol. The van der Waals surface area contributed by atoms with E-state index in [-0.39, 0.29) is 0 Å². The van der Waals surface area contributed by atoms with E-state index in [0.717, 1.165) is 9.26 Å². The van der Waals surface area contributed by atoms with Crippen LogP contribution in [0.1, 0.15) is 0 Å². The van der Waals surface area contributed by atoms with Gasteiger partial charge in [0, 0.05) is 10.6 Å². The predicted molar refractivity (Wildman–Crippen MR) is 80.6 cm³/mol. The van der Waals surface area contributed by atoms with Gasteiger partial charge in [-0.1, -0.05) is 12.1 Å². The molecule has 0 aliphatic rings. The number of nitrogens with one attached hydrogen (secondary N) is 2. The van der Waals surface area contributed by atoms with Gasteiger partial charge in [0.1, 0.15) is 6.33 Å². The van der Waals surface area contributed by atoms with E-state index in [4.69, 9.17) is 4.74 Å². The summed E-state index contributed by atoms with van der Waals surface area (Å²) in [5.41, 5.74) is 0.983. The summed E-state index contributed by atoms with van der Waals surface area (Å²) in [4.78, 5) is 8.31. The van der Waals surface area contributed by atoms with Crippen LogP contribution in [0.25, 0.3) is 0 Å². The Morgan fingerprint density at radius 1 is 1.17 bits per heavy atom. The van der Waals surface area contributed by atoms with Crippen molar-refractivity contribution < 1.29 is 4.74 Å². The quantitative estimate of drug-likeness (QED) is 0.825. The molecule has 0 fully saturated rings. The van der Waals surface area contributed by atoms with Crippen molar-refractivity contribution in [2.45, 2.75) is 0 Å². The summed E-state index contributed by atoms with van der Waals surface area (Å²) < 4.78 is 6.44. The third-order valence-electron chi connectivity index (χ3n) is 2.37. The Balaban J connectivity index is 2.37. The normalized spacial score (nSPS) is 9.94. The Bertz CT molecular complexity index is 547. The number of rotatable bonds is 4. The molecule has 0 saturated carbocycles. The molecule has 0 spiro atoms. The van der Waals surface area contributed by atoms with Gasteiger partial charge in [-0.15, -0.1) is 0 Å². The van der Waals surface area contributed by atoms with Crippen molar-refractivity contribution in [3.05, 3.63) is 34.2 Å². The number of nitrogens with zero attached hydrogens (tertiary/aromatic N) is 2. The molecule has 0 saturated heterocycles. The van der Waals surface area contributed by atoms with Gasteiger partial charge in [-0.2, -0.15) is 0 Å². The van der Waals surface area contributed by atoms with Gasteiger partial charge < -0.3 is 15.4 Å². The summed E-state index contributed by atoms with van der Waals surface area (Å²) in [6.45, 7) is 0. The van der Waals surface area contributed by atoms with Crippen LogP contribution in [0.15, 0.2) is 30.6 Å². The highest BCUT2D eigenvalue weighted by Gasteiger charge is 2.11. The Morgan fingerprint density at radius 3 is 2.56 bits per heavy atom. The van der Waals surface area contributed by atoms with E-state index in [1.807, 2.05) is 24.3 Å². The largest absolute Gasteiger partial charge is 0.490 e. The fourth-order valence-electron chi connectivity index (χ4n) is 1.52. The number of anilines is 3. The molecule has 0 radical (unpaired) electrons. The monoisotopic (exact) mass is 356 g/mol. The Kier molecular flexibility index (Phi) is 4.19. The van der Waals surface area contributed by atoms with E-state index in [9.17, 15) is 0 Å². The maximum Gasteiger partial charge on any atom is 0.204 e. The first-order valence-electron chi connectivity index (χ1n) is 5.34. The van der Waals surface area contributed by atoms with Gasteiger partial charge in [0.15, 0.2) is 11.6 Å². The van der Waals surface area contributed by atoms with E-state index >= 15 is 0 Å². The van der Waals surface area contributed by atoms with Gasteiger partial charge >= 0.3 is 0 Å². The van der Waals surface area contributed by atoms with Crippen LogP contribution in [-0.2, 0) is 0 Å². The number of halogens is 1. The van der Waals surface area contributed by atoms with E-state index in [2.05, 4.69) is 43.2 Å². The van der Waals surface area contributed by atoms with E-state index < -0.39 is 0 Å². The van der Waals surface area contributed by atoms with Gasteiger partial charge in [0.2, 0.25) is 5.75 Å². The van der Waals surface area contributed by atoms with Crippen LogP contribution in [0, 0.1) is 3.57 Å². The van der Waals surface area contributed by atoms with Crippen LogP contribution < -0.4 is 15.4 Å². The lowest BCUT2D eigenvalue weighted by Crippen LogP contribution is -2.03. The number of para-hydroxylation sites is 1. The number of methoxy groups -OCH3 is 1. The molecule has 18 heavy (non-hydrogen) atoms. The third-order valence-corrected chi connectivity index (χ3v) is 3.31. The van der Waals surface area contributed by atoms with Gasteiger partial charge in [0.05, 0.1) is 12.8 Å². The highest BCUT2D eigenvalue weighted by Crippen LogP contribution is 2.31. The summed E-state index contributed by atoms with van der Waals surface area (Å²) in [6, 6.07) is 7.97. The second-order valence-corrected chi connectivity index (χ2v) is 4.62. The molecule has 2 rings (SSSR count). The highest BCUT2D eigenvalue weighted by atomic mass is 127. The summed E-state index contributed by atoms with van der Waals surface area (Å²) in [6.07, 6.45) is 1.49. The molecule has 1 aromatic carbocycles. The van der Waals surface area contributed by atoms with E-state index in [1.165, 1.54) is 6.33 Å². The van der Waals surface area contributed by atoms with Crippen LogP contribution in [0.4, 0.5) is 17.3 Å². The van der Waals surface area contributed by atoms with Gasteiger partial charge in [-0.3, -0.25) is 0 Å². The lowest BCUT2D eigenvalue weighted by Gasteiger charge is -2.13. The predicted octanol–water partition coefficient (Wildman–Crippen LogP) is 2.88. The first-order valence-corrected chi connectivity index (χ1v) is 6.42. The van der Waals surface area contributed by atoms with Gasteiger partial charge in [-0.25, -0.2) is 9.97 Å². The van der Waals surface area contributed by atoms with Crippen molar-refractivity contribution in [3.63, 3.8) is 0 Å². The second kappa shape index (κ2) is 5.85. The first kappa shape index (κ1) is 12.9. The van der Waals surface area contributed by atoms with Crippen LogP contribution >= 0.6 is 22.6 Å². The third kappa shape index (κ3) is 2.63. The number of benzene rings is 1. The number of ether oxygens (including phenoxy) is 1. The Morgan fingerprint density at radius 2 is 1.89 bits per heavy atom. The zero-order valence-corrected chi connectivity index (χ0v) is 12.2. The topological polar surface area (TPSA) is 59.1 Å². The van der Waals surface area contributed by atoms with Crippen LogP contribution in [0.2, 0.25) is 0 Å². The number of hydrogen-bond acceptors (Lipinski definition) is 5. The molecule has 0 amide bonds. The van der Waals surface area contributed by atoms with E-state index in [1.54, 1.807) is 14.2 Å². The summed E-state index contributed by atoms with van der Waals surface area (Å²) in [7, 11) is 3.39. The van der Waals surface area contributed by atoms with Crippen molar-refractivity contribution >= 4 is 39.9 Å².